The van der Waals surface area contributed by atoms with Crippen LogP contribution < -0.4 is 5.32 Å². The number of nitrogens with one attached hydrogen (secondary N) is 1. The van der Waals surface area contributed by atoms with Crippen LogP contribution in [0.1, 0.15) is 5.69 Å². The normalized spacial score (nSPS) is 10.2. The molecule has 2 rings (SSSR count). The highest BCUT2D eigenvalue weighted by Gasteiger charge is 1.94. The van der Waals surface area contributed by atoms with Gasteiger partial charge >= 0.3 is 0 Å². The van der Waals surface area contributed by atoms with Gasteiger partial charge in [-0.15, -0.1) is 0 Å². The summed E-state index contributed by atoms with van der Waals surface area (Å²) < 4.78 is 1.88. The van der Waals surface area contributed by atoms with Gasteiger partial charge in [-0.05, 0) is 13.0 Å². The van der Waals surface area contributed by atoms with Gasteiger partial charge < -0.3 is 5.32 Å². The van der Waals surface area contributed by atoms with Crippen LogP contribution in [0.5, 0.6) is 0 Å². The Labute approximate surface area is 88.2 Å². The summed E-state index contributed by atoms with van der Waals surface area (Å²) in [5.41, 5.74) is 0.964. The summed E-state index contributed by atoms with van der Waals surface area (Å²) >= 11 is 0. The molecule has 0 atom stereocenters. The van der Waals surface area contributed by atoms with Gasteiger partial charge in [-0.25, -0.2) is 9.97 Å². The number of nitrogens with zero attached hydrogens (tertiary/aromatic N) is 4. The lowest BCUT2D eigenvalue weighted by Crippen LogP contribution is -2.11. The van der Waals surface area contributed by atoms with Gasteiger partial charge in [0, 0.05) is 30.7 Å². The summed E-state index contributed by atoms with van der Waals surface area (Å²) in [6.45, 7) is 3.58. The van der Waals surface area contributed by atoms with Crippen LogP contribution in [0.25, 0.3) is 0 Å². The maximum atomic E-state index is 4.11. The van der Waals surface area contributed by atoms with Crippen LogP contribution in [0, 0.1) is 6.92 Å². The Morgan fingerprint density at radius 2 is 2.33 bits per heavy atom. The van der Waals surface area contributed by atoms with E-state index in [1.807, 2.05) is 29.9 Å². The fourth-order valence-corrected chi connectivity index (χ4v) is 1.28. The maximum Gasteiger partial charge on any atom is 0.129 e. The number of hydrogen-bond acceptors (Lipinski definition) is 4. The highest BCUT2D eigenvalue weighted by atomic mass is 15.3. The molecule has 0 radical (unpaired) electrons. The van der Waals surface area contributed by atoms with Gasteiger partial charge in [0.2, 0.25) is 0 Å². The van der Waals surface area contributed by atoms with Crippen LogP contribution in [0.2, 0.25) is 0 Å². The minimum Gasteiger partial charge on any atom is -0.368 e. The van der Waals surface area contributed by atoms with Crippen molar-refractivity contribution in [3.8, 4) is 0 Å². The largest absolute Gasteiger partial charge is 0.368 e. The Hall–Kier alpha value is -1.91. The molecule has 78 valence electrons. The smallest absolute Gasteiger partial charge is 0.129 e. The average molecular weight is 203 g/mol. The Morgan fingerprint density at radius 1 is 1.40 bits per heavy atom. The molecule has 5 heteroatoms. The van der Waals surface area contributed by atoms with Crippen molar-refractivity contribution < 1.29 is 0 Å². The Kier molecular flexibility index (Phi) is 2.92. The third-order valence-electron chi connectivity index (χ3n) is 2.01. The Bertz CT molecular complexity index is 410. The molecule has 0 unspecified atom stereocenters. The van der Waals surface area contributed by atoms with Crippen molar-refractivity contribution >= 4 is 5.82 Å². The third kappa shape index (κ3) is 2.77. The highest BCUT2D eigenvalue weighted by Crippen LogP contribution is 2.01. The van der Waals surface area contributed by atoms with Gasteiger partial charge in [-0.1, -0.05) is 0 Å². The first kappa shape index (κ1) is 9.64. The molecule has 2 aromatic heterocycles. The molecular formula is C10H13N5. The molecule has 0 amide bonds. The van der Waals surface area contributed by atoms with Crippen LogP contribution in [0.15, 0.2) is 30.9 Å². The second kappa shape index (κ2) is 4.54. The number of aryl methyl sites for hydroxylation is 1. The van der Waals surface area contributed by atoms with E-state index in [1.54, 1.807) is 12.5 Å². The van der Waals surface area contributed by atoms with E-state index < -0.39 is 0 Å². The average Bonchev–Trinajstić information content (AvgIpc) is 2.71. The lowest BCUT2D eigenvalue weighted by molar-refractivity contribution is 0.637. The second-order valence-electron chi connectivity index (χ2n) is 3.24. The summed E-state index contributed by atoms with van der Waals surface area (Å²) in [5.74, 6) is 0.856. The predicted molar refractivity (Wildman–Crippen MR) is 57.5 cm³/mol. The van der Waals surface area contributed by atoms with Crippen molar-refractivity contribution in [2.45, 2.75) is 13.5 Å². The standard InChI is InChI=1S/C10H13N5/c1-9-7-10(13-8-12-9)11-4-6-15-5-2-3-14-15/h2-3,5,7-8H,4,6H2,1H3,(H,11,12,13). The van der Waals surface area contributed by atoms with Gasteiger partial charge in [0.15, 0.2) is 0 Å². The number of rotatable bonds is 4. The van der Waals surface area contributed by atoms with Crippen LogP contribution in [0.3, 0.4) is 0 Å². The van der Waals surface area contributed by atoms with Crippen LogP contribution in [-0.2, 0) is 6.54 Å². The summed E-state index contributed by atoms with van der Waals surface area (Å²) in [6, 6.07) is 3.83. The van der Waals surface area contributed by atoms with Gasteiger partial charge in [-0.3, -0.25) is 4.68 Å². The van der Waals surface area contributed by atoms with Gasteiger partial charge in [0.1, 0.15) is 12.1 Å². The monoisotopic (exact) mass is 203 g/mol. The second-order valence-corrected chi connectivity index (χ2v) is 3.24. The van der Waals surface area contributed by atoms with Crippen molar-refractivity contribution in [2.75, 3.05) is 11.9 Å². The number of aromatic nitrogens is 4. The molecule has 15 heavy (non-hydrogen) atoms. The quantitative estimate of drug-likeness (QED) is 0.808. The van der Waals surface area contributed by atoms with Crippen molar-refractivity contribution in [1.82, 2.24) is 19.7 Å². The Balaban J connectivity index is 1.83. The maximum absolute atomic E-state index is 4.11. The molecule has 0 aliphatic carbocycles. The zero-order valence-corrected chi connectivity index (χ0v) is 8.59. The summed E-state index contributed by atoms with van der Waals surface area (Å²) in [7, 11) is 0. The van der Waals surface area contributed by atoms with E-state index in [4.69, 9.17) is 0 Å². The molecule has 0 spiro atoms. The van der Waals surface area contributed by atoms with E-state index in [9.17, 15) is 0 Å². The molecule has 2 aromatic rings. The third-order valence-corrected chi connectivity index (χ3v) is 2.01. The molecule has 0 fully saturated rings. The zero-order valence-electron chi connectivity index (χ0n) is 8.59. The molecule has 5 nitrogen and oxygen atoms in total. The topological polar surface area (TPSA) is 55.6 Å². The Morgan fingerprint density at radius 3 is 3.07 bits per heavy atom. The number of anilines is 1. The number of hydrogen-bond donors (Lipinski definition) is 1. The summed E-state index contributed by atoms with van der Waals surface area (Å²) in [4.78, 5) is 8.14. The first-order valence-electron chi connectivity index (χ1n) is 4.84. The molecule has 0 aromatic carbocycles. The molecular weight excluding hydrogens is 190 g/mol. The van der Waals surface area contributed by atoms with E-state index >= 15 is 0 Å². The van der Waals surface area contributed by atoms with Crippen molar-refractivity contribution in [1.29, 1.82) is 0 Å². The zero-order chi connectivity index (χ0) is 10.5. The summed E-state index contributed by atoms with van der Waals surface area (Å²) in [5, 5.41) is 7.32. The highest BCUT2D eigenvalue weighted by molar-refractivity contribution is 5.33. The van der Waals surface area contributed by atoms with Crippen LogP contribution >= 0.6 is 0 Å². The lowest BCUT2D eigenvalue weighted by Gasteiger charge is -2.05. The van der Waals surface area contributed by atoms with E-state index in [0.717, 1.165) is 24.6 Å². The van der Waals surface area contributed by atoms with Crippen LogP contribution in [-0.4, -0.2) is 26.3 Å². The van der Waals surface area contributed by atoms with Gasteiger partial charge in [0.05, 0.1) is 6.54 Å². The molecule has 0 aliphatic rings. The molecule has 2 heterocycles. The van der Waals surface area contributed by atoms with Crippen LogP contribution in [0.4, 0.5) is 5.82 Å². The van der Waals surface area contributed by atoms with E-state index in [0.29, 0.717) is 0 Å². The van der Waals surface area contributed by atoms with Gasteiger partial charge in [0.25, 0.3) is 0 Å². The first-order chi connectivity index (χ1) is 7.34. The van der Waals surface area contributed by atoms with E-state index in [2.05, 4.69) is 20.4 Å². The SMILES string of the molecule is Cc1cc(NCCn2cccn2)ncn1. The first-order valence-corrected chi connectivity index (χ1v) is 4.84. The van der Waals surface area contributed by atoms with Crippen molar-refractivity contribution in [3.63, 3.8) is 0 Å². The molecule has 0 bridgehead atoms. The van der Waals surface area contributed by atoms with Gasteiger partial charge in [-0.2, -0.15) is 5.10 Å². The fraction of sp³-hybridized carbons (Fsp3) is 0.300. The van der Waals surface area contributed by atoms with E-state index in [-0.39, 0.29) is 0 Å². The molecule has 1 N–H and O–H groups in total. The molecule has 0 aliphatic heterocycles. The van der Waals surface area contributed by atoms with Crippen molar-refractivity contribution in [2.24, 2.45) is 0 Å². The fourth-order valence-electron chi connectivity index (χ4n) is 1.28. The minimum absolute atomic E-state index is 0.804. The molecule has 0 saturated carbocycles. The minimum atomic E-state index is 0.804. The molecule has 0 saturated heterocycles. The summed E-state index contributed by atoms with van der Waals surface area (Å²) in [6.07, 6.45) is 5.27. The predicted octanol–water partition coefficient (Wildman–Crippen LogP) is 1.09. The lowest BCUT2D eigenvalue weighted by atomic mass is 10.4. The van der Waals surface area contributed by atoms with Crippen molar-refractivity contribution in [3.05, 3.63) is 36.5 Å². The van der Waals surface area contributed by atoms with E-state index in [1.165, 1.54) is 0 Å².